The van der Waals surface area contributed by atoms with Crippen LogP contribution < -0.4 is 20.7 Å². The van der Waals surface area contributed by atoms with Crippen molar-refractivity contribution in [3.8, 4) is 0 Å². The summed E-state index contributed by atoms with van der Waals surface area (Å²) < 4.78 is 0. The van der Waals surface area contributed by atoms with Crippen LogP contribution in [0.25, 0.3) is 5.57 Å². The Bertz CT molecular complexity index is 2440. The summed E-state index contributed by atoms with van der Waals surface area (Å²) in [6, 6.07) is 44.2. The topological polar surface area (TPSA) is 6.48 Å². The molecule has 0 saturated carbocycles. The molecular formula is C48H41BN2. The third-order valence-corrected chi connectivity index (χ3v) is 13.2. The van der Waals surface area contributed by atoms with Crippen LogP contribution in [0.15, 0.2) is 157 Å². The molecule has 0 bridgehead atoms. The summed E-state index contributed by atoms with van der Waals surface area (Å²) in [6.45, 7) is 9.85. The summed E-state index contributed by atoms with van der Waals surface area (Å²) in [7, 11) is 0. The van der Waals surface area contributed by atoms with Gasteiger partial charge in [-0.15, -0.1) is 0 Å². The van der Waals surface area contributed by atoms with Crippen molar-refractivity contribution in [2.45, 2.75) is 51.0 Å². The number of hydrogen-bond donors (Lipinski definition) is 0. The van der Waals surface area contributed by atoms with Crippen LogP contribution in [0.1, 0.15) is 61.9 Å². The average Bonchev–Trinajstić information content (AvgIpc) is 3.17. The molecule has 3 heteroatoms. The number of allylic oxidation sites excluding steroid dienone is 5. The molecule has 5 aromatic rings. The lowest BCUT2D eigenvalue weighted by Gasteiger charge is -2.58. The predicted molar refractivity (Wildman–Crippen MR) is 214 cm³/mol. The third-order valence-electron chi connectivity index (χ3n) is 13.2. The van der Waals surface area contributed by atoms with Crippen molar-refractivity contribution in [2.75, 3.05) is 9.80 Å². The number of fused-ring (bicyclic) bond motifs is 8. The van der Waals surface area contributed by atoms with Crippen LogP contribution in [0.2, 0.25) is 0 Å². The van der Waals surface area contributed by atoms with Crippen molar-refractivity contribution in [3.63, 3.8) is 0 Å². The molecule has 51 heavy (non-hydrogen) atoms. The van der Waals surface area contributed by atoms with Gasteiger partial charge in [0.25, 0.3) is 0 Å². The molecule has 246 valence electrons. The van der Waals surface area contributed by atoms with Crippen molar-refractivity contribution in [2.24, 2.45) is 11.8 Å². The second-order valence-corrected chi connectivity index (χ2v) is 16.4. The van der Waals surface area contributed by atoms with E-state index in [0.29, 0.717) is 5.92 Å². The maximum Gasteiger partial charge on any atom is 0.247 e. The molecule has 11 rings (SSSR count). The number of para-hydroxylation sites is 4. The molecule has 0 radical (unpaired) electrons. The monoisotopic (exact) mass is 656 g/mol. The minimum absolute atomic E-state index is 0.122. The van der Waals surface area contributed by atoms with Crippen LogP contribution >= 0.6 is 0 Å². The fraction of sp³-hybridized carbons (Fsp3) is 0.208. The van der Waals surface area contributed by atoms with Gasteiger partial charge in [0, 0.05) is 45.1 Å². The molecule has 5 aromatic carbocycles. The van der Waals surface area contributed by atoms with Gasteiger partial charge in [-0.05, 0) is 68.7 Å². The SMILES string of the molecule is CC1(C)c2ccccc2N2C3=C4B(c5cccc1c52)c1cccc2c1N(c1ccccc1C2(C)C)[C@H]4C(C1C=CC=CC1)C=C3c1ccccc1. The van der Waals surface area contributed by atoms with Gasteiger partial charge in [0.2, 0.25) is 6.71 Å². The van der Waals surface area contributed by atoms with Gasteiger partial charge >= 0.3 is 0 Å². The molecule has 0 aromatic heterocycles. The summed E-state index contributed by atoms with van der Waals surface area (Å²) in [5.41, 5.74) is 19.3. The summed E-state index contributed by atoms with van der Waals surface area (Å²) in [5.74, 6) is 0.642. The second kappa shape index (κ2) is 10.2. The molecular weight excluding hydrogens is 615 g/mol. The highest BCUT2D eigenvalue weighted by molar-refractivity contribution is 6.94. The molecule has 2 aliphatic carbocycles. The van der Waals surface area contributed by atoms with Gasteiger partial charge in [0.15, 0.2) is 0 Å². The molecule has 2 unspecified atom stereocenters. The van der Waals surface area contributed by atoms with Gasteiger partial charge in [0.1, 0.15) is 0 Å². The highest BCUT2D eigenvalue weighted by Crippen LogP contribution is 2.60. The van der Waals surface area contributed by atoms with Crippen LogP contribution in [0.4, 0.5) is 22.7 Å². The van der Waals surface area contributed by atoms with Crippen molar-refractivity contribution in [3.05, 3.63) is 185 Å². The Morgan fingerprint density at radius 2 is 1.22 bits per heavy atom. The zero-order chi connectivity index (χ0) is 34.2. The minimum atomic E-state index is -0.138. The first-order chi connectivity index (χ1) is 24.9. The Labute approximate surface area is 302 Å². The van der Waals surface area contributed by atoms with E-state index in [1.54, 1.807) is 5.47 Å². The molecule has 0 N–H and O–H groups in total. The standard InChI is InChI=1S/C48H41BN2/c1-47(2)34-21-11-13-27-40(34)50-43-32(30-17-7-5-8-18-30)29-33(31-19-9-6-10-20-31)44-42(43)49(38-25-15-23-36(47)45(38)50)39-26-16-24-37-46(39)51(44)41-28-14-12-22-35(41)48(37,3)4/h5-19,21-29,31,33,44H,20H2,1-4H3/t31?,33?,44-/m0/s1. The van der Waals surface area contributed by atoms with E-state index in [0.717, 1.165) is 6.42 Å². The Hall–Kier alpha value is -5.28. The highest BCUT2D eigenvalue weighted by atomic mass is 15.2. The molecule has 0 amide bonds. The lowest BCUT2D eigenvalue weighted by Crippen LogP contribution is -2.65. The van der Waals surface area contributed by atoms with E-state index in [1.807, 2.05) is 0 Å². The fourth-order valence-electron chi connectivity index (χ4n) is 10.9. The van der Waals surface area contributed by atoms with Crippen LogP contribution in [0, 0.1) is 11.8 Å². The van der Waals surface area contributed by atoms with E-state index >= 15 is 0 Å². The maximum atomic E-state index is 2.81. The Balaban J connectivity index is 1.32. The average molecular weight is 657 g/mol. The van der Waals surface area contributed by atoms with E-state index in [4.69, 9.17) is 0 Å². The maximum absolute atomic E-state index is 2.81. The number of hydrogen-bond acceptors (Lipinski definition) is 2. The molecule has 0 fully saturated rings. The van der Waals surface area contributed by atoms with Crippen molar-refractivity contribution < 1.29 is 0 Å². The van der Waals surface area contributed by atoms with E-state index in [-0.39, 0.29) is 29.5 Å². The van der Waals surface area contributed by atoms with E-state index in [1.165, 1.54) is 72.8 Å². The molecule has 3 atom stereocenters. The van der Waals surface area contributed by atoms with E-state index in [2.05, 4.69) is 183 Å². The zero-order valence-corrected chi connectivity index (χ0v) is 29.8. The largest absolute Gasteiger partial charge is 0.334 e. The van der Waals surface area contributed by atoms with E-state index in [9.17, 15) is 0 Å². The molecule has 6 aliphatic rings. The smallest absolute Gasteiger partial charge is 0.247 e. The van der Waals surface area contributed by atoms with Gasteiger partial charge in [-0.25, -0.2) is 0 Å². The van der Waals surface area contributed by atoms with Gasteiger partial charge in [-0.1, -0.05) is 161 Å². The number of benzene rings is 5. The zero-order valence-electron chi connectivity index (χ0n) is 29.8. The number of nitrogens with zero attached hydrogens (tertiary/aromatic N) is 2. The first kappa shape index (κ1) is 29.5. The molecule has 4 aliphatic heterocycles. The summed E-state index contributed by atoms with van der Waals surface area (Å²) in [5, 5.41) is 0. The quantitative estimate of drug-likeness (QED) is 0.175. The second-order valence-electron chi connectivity index (χ2n) is 16.4. The van der Waals surface area contributed by atoms with Crippen molar-refractivity contribution in [1.29, 1.82) is 0 Å². The summed E-state index contributed by atoms with van der Waals surface area (Å²) >= 11 is 0. The highest BCUT2D eigenvalue weighted by Gasteiger charge is 2.57. The molecule has 4 heterocycles. The van der Waals surface area contributed by atoms with Crippen molar-refractivity contribution >= 4 is 46.0 Å². The van der Waals surface area contributed by atoms with Gasteiger partial charge in [0.05, 0.1) is 11.7 Å². The van der Waals surface area contributed by atoms with Crippen LogP contribution in [0.5, 0.6) is 0 Å². The molecule has 0 spiro atoms. The molecule has 2 nitrogen and oxygen atoms in total. The fourth-order valence-corrected chi connectivity index (χ4v) is 10.9. The Kier molecular flexibility index (Phi) is 5.87. The third kappa shape index (κ3) is 3.69. The lowest BCUT2D eigenvalue weighted by molar-refractivity contribution is 0.418. The lowest BCUT2D eigenvalue weighted by atomic mass is 9.29. The van der Waals surface area contributed by atoms with Crippen molar-refractivity contribution in [1.82, 2.24) is 0 Å². The normalized spacial score (nSPS) is 23.5. The molecule has 0 saturated heterocycles. The Morgan fingerprint density at radius 1 is 0.608 bits per heavy atom. The van der Waals surface area contributed by atoms with Crippen LogP contribution in [-0.4, -0.2) is 12.8 Å². The Morgan fingerprint density at radius 3 is 1.92 bits per heavy atom. The predicted octanol–water partition coefficient (Wildman–Crippen LogP) is 9.89. The van der Waals surface area contributed by atoms with E-state index < -0.39 is 0 Å². The van der Waals surface area contributed by atoms with Gasteiger partial charge in [-0.2, -0.15) is 0 Å². The van der Waals surface area contributed by atoms with Gasteiger partial charge in [-0.3, -0.25) is 0 Å². The van der Waals surface area contributed by atoms with Gasteiger partial charge < -0.3 is 9.80 Å². The number of rotatable bonds is 2. The van der Waals surface area contributed by atoms with Crippen LogP contribution in [0.3, 0.4) is 0 Å². The first-order valence-corrected chi connectivity index (χ1v) is 18.8. The summed E-state index contributed by atoms with van der Waals surface area (Å²) in [6.07, 6.45) is 13.1. The minimum Gasteiger partial charge on any atom is -0.334 e. The summed E-state index contributed by atoms with van der Waals surface area (Å²) in [4.78, 5) is 5.51. The first-order valence-electron chi connectivity index (χ1n) is 18.8. The number of anilines is 4. The van der Waals surface area contributed by atoms with Crippen LogP contribution in [-0.2, 0) is 10.8 Å².